The maximum Gasteiger partial charge on any atom is 0.216 e. The Morgan fingerprint density at radius 2 is 2.14 bits per heavy atom. The van der Waals surface area contributed by atoms with Gasteiger partial charge in [-0.25, -0.2) is 5.10 Å². The number of rotatable bonds is 4. The van der Waals surface area contributed by atoms with Crippen LogP contribution in [0, 0.1) is 4.77 Å². The molecule has 0 spiro atoms. The van der Waals surface area contributed by atoms with Crippen LogP contribution in [0.1, 0.15) is 5.56 Å². The van der Waals surface area contributed by atoms with Crippen molar-refractivity contribution in [2.75, 3.05) is 7.11 Å². The van der Waals surface area contributed by atoms with Crippen LogP contribution in [-0.4, -0.2) is 33.2 Å². The second kappa shape index (κ2) is 6.31. The first-order valence-corrected chi connectivity index (χ1v) is 6.95. The molecule has 2 aromatic heterocycles. The highest BCUT2D eigenvalue weighted by Crippen LogP contribution is 2.17. The number of methoxy groups -OCH3 is 1. The van der Waals surface area contributed by atoms with E-state index in [4.69, 9.17) is 17.0 Å². The zero-order valence-electron chi connectivity index (χ0n) is 11.8. The lowest BCUT2D eigenvalue weighted by Gasteiger charge is -2.03. The predicted octanol–water partition coefficient (Wildman–Crippen LogP) is 2.89. The molecule has 1 N–H and O–H groups in total. The molecule has 3 aromatic rings. The van der Waals surface area contributed by atoms with Crippen molar-refractivity contribution in [2.24, 2.45) is 5.10 Å². The van der Waals surface area contributed by atoms with E-state index < -0.39 is 0 Å². The van der Waals surface area contributed by atoms with Crippen molar-refractivity contribution in [1.29, 1.82) is 0 Å². The van der Waals surface area contributed by atoms with E-state index in [-0.39, 0.29) is 0 Å². The van der Waals surface area contributed by atoms with Crippen molar-refractivity contribution >= 4 is 18.4 Å². The predicted molar refractivity (Wildman–Crippen MR) is 86.6 cm³/mol. The highest BCUT2D eigenvalue weighted by Gasteiger charge is 2.08. The highest BCUT2D eigenvalue weighted by atomic mass is 32.1. The van der Waals surface area contributed by atoms with Crippen molar-refractivity contribution in [3.8, 4) is 17.1 Å². The molecule has 0 radical (unpaired) electrons. The van der Waals surface area contributed by atoms with Crippen molar-refractivity contribution in [3.63, 3.8) is 0 Å². The summed E-state index contributed by atoms with van der Waals surface area (Å²) in [6, 6.07) is 11.3. The molecule has 7 heteroatoms. The van der Waals surface area contributed by atoms with Gasteiger partial charge in [0.25, 0.3) is 0 Å². The number of para-hydroxylation sites is 1. The van der Waals surface area contributed by atoms with E-state index >= 15 is 0 Å². The Balaban J connectivity index is 2.01. The third-order valence-electron chi connectivity index (χ3n) is 3.02. The zero-order valence-corrected chi connectivity index (χ0v) is 12.6. The zero-order chi connectivity index (χ0) is 15.4. The van der Waals surface area contributed by atoms with Crippen LogP contribution in [0.4, 0.5) is 0 Å². The quantitative estimate of drug-likeness (QED) is 0.594. The lowest BCUT2D eigenvalue weighted by molar-refractivity contribution is 0.414. The number of ether oxygens (including phenoxy) is 1. The Hall–Kier alpha value is -2.80. The summed E-state index contributed by atoms with van der Waals surface area (Å²) >= 11 is 5.23. The third-order valence-corrected chi connectivity index (χ3v) is 3.29. The molecule has 0 fully saturated rings. The second-order valence-corrected chi connectivity index (χ2v) is 4.78. The molecule has 6 nitrogen and oxygen atoms in total. The minimum atomic E-state index is 0.407. The van der Waals surface area contributed by atoms with E-state index in [1.807, 2.05) is 36.4 Å². The molecule has 22 heavy (non-hydrogen) atoms. The minimum Gasteiger partial charge on any atom is -0.496 e. The van der Waals surface area contributed by atoms with Gasteiger partial charge in [-0.3, -0.25) is 4.98 Å². The number of aromatic amines is 1. The number of nitrogens with one attached hydrogen (secondary N) is 1. The SMILES string of the molecule is COc1ccccc1/C=N\n1c(-c2cccnc2)n[nH]c1=S. The van der Waals surface area contributed by atoms with Gasteiger partial charge in [-0.1, -0.05) is 12.1 Å². The molecule has 0 amide bonds. The molecular formula is C15H13N5OS. The fraction of sp³-hybridized carbons (Fsp3) is 0.0667. The average Bonchev–Trinajstić information content (AvgIpc) is 2.95. The summed E-state index contributed by atoms with van der Waals surface area (Å²) in [5.74, 6) is 1.34. The summed E-state index contributed by atoms with van der Waals surface area (Å²) in [4.78, 5) is 4.08. The van der Waals surface area contributed by atoms with Gasteiger partial charge in [-0.05, 0) is 36.5 Å². The van der Waals surface area contributed by atoms with Crippen LogP contribution in [0.3, 0.4) is 0 Å². The van der Waals surface area contributed by atoms with E-state index in [9.17, 15) is 0 Å². The first kappa shape index (κ1) is 14.2. The normalized spacial score (nSPS) is 11.0. The van der Waals surface area contributed by atoms with Crippen molar-refractivity contribution in [1.82, 2.24) is 19.9 Å². The van der Waals surface area contributed by atoms with Crippen LogP contribution >= 0.6 is 12.2 Å². The monoisotopic (exact) mass is 311 g/mol. The van der Waals surface area contributed by atoms with Crippen molar-refractivity contribution in [3.05, 3.63) is 59.1 Å². The molecule has 0 saturated heterocycles. The molecule has 2 heterocycles. The highest BCUT2D eigenvalue weighted by molar-refractivity contribution is 7.71. The fourth-order valence-electron chi connectivity index (χ4n) is 1.97. The first-order chi connectivity index (χ1) is 10.8. The molecule has 0 aliphatic carbocycles. The summed E-state index contributed by atoms with van der Waals surface area (Å²) in [6.07, 6.45) is 5.09. The van der Waals surface area contributed by atoms with E-state index in [1.54, 1.807) is 30.4 Å². The molecule has 0 unspecified atom stereocenters. The summed E-state index contributed by atoms with van der Waals surface area (Å²) in [7, 11) is 1.62. The number of H-pyrrole nitrogens is 1. The number of benzene rings is 1. The lowest BCUT2D eigenvalue weighted by Crippen LogP contribution is -1.96. The Labute approximate surface area is 132 Å². The largest absolute Gasteiger partial charge is 0.496 e. The summed E-state index contributed by atoms with van der Waals surface area (Å²) < 4.78 is 7.26. The van der Waals surface area contributed by atoms with Gasteiger partial charge in [0, 0.05) is 23.5 Å². The van der Waals surface area contributed by atoms with Gasteiger partial charge in [-0.15, -0.1) is 0 Å². The molecule has 1 aromatic carbocycles. The second-order valence-electron chi connectivity index (χ2n) is 4.39. The molecule has 0 atom stereocenters. The molecular weight excluding hydrogens is 298 g/mol. The van der Waals surface area contributed by atoms with Crippen molar-refractivity contribution < 1.29 is 4.74 Å². The number of hydrogen-bond donors (Lipinski definition) is 1. The van der Waals surface area contributed by atoms with Gasteiger partial charge in [-0.2, -0.15) is 14.9 Å². The van der Waals surface area contributed by atoms with E-state index in [0.29, 0.717) is 10.6 Å². The summed E-state index contributed by atoms with van der Waals surface area (Å²) in [5, 5.41) is 11.4. The molecule has 0 aliphatic rings. The molecule has 3 rings (SSSR count). The molecule has 0 bridgehead atoms. The number of hydrogen-bond acceptors (Lipinski definition) is 5. The number of aromatic nitrogens is 4. The minimum absolute atomic E-state index is 0.407. The third kappa shape index (κ3) is 2.79. The Morgan fingerprint density at radius 1 is 1.27 bits per heavy atom. The number of nitrogens with zero attached hydrogens (tertiary/aromatic N) is 4. The first-order valence-electron chi connectivity index (χ1n) is 6.55. The maximum absolute atomic E-state index is 5.30. The Morgan fingerprint density at radius 3 is 2.91 bits per heavy atom. The van der Waals surface area contributed by atoms with Crippen LogP contribution in [-0.2, 0) is 0 Å². The topological polar surface area (TPSA) is 68.1 Å². The van der Waals surface area contributed by atoms with E-state index in [2.05, 4.69) is 20.3 Å². The van der Waals surface area contributed by atoms with Crippen molar-refractivity contribution in [2.45, 2.75) is 0 Å². The van der Waals surface area contributed by atoms with Gasteiger partial charge >= 0.3 is 0 Å². The van der Waals surface area contributed by atoms with Gasteiger partial charge < -0.3 is 4.74 Å². The smallest absolute Gasteiger partial charge is 0.216 e. The van der Waals surface area contributed by atoms with Crippen LogP contribution < -0.4 is 4.74 Å². The molecule has 0 saturated carbocycles. The van der Waals surface area contributed by atoms with Gasteiger partial charge in [0.1, 0.15) is 5.75 Å². The van der Waals surface area contributed by atoms with Gasteiger partial charge in [0.05, 0.1) is 13.3 Å². The van der Waals surface area contributed by atoms with Gasteiger partial charge in [0.2, 0.25) is 4.77 Å². The Kier molecular flexibility index (Phi) is 4.06. The summed E-state index contributed by atoms with van der Waals surface area (Å²) in [5.41, 5.74) is 1.68. The lowest BCUT2D eigenvalue weighted by atomic mass is 10.2. The molecule has 0 aliphatic heterocycles. The number of pyridine rings is 1. The van der Waals surface area contributed by atoms with Crippen LogP contribution in [0.2, 0.25) is 0 Å². The van der Waals surface area contributed by atoms with E-state index in [0.717, 1.165) is 16.9 Å². The van der Waals surface area contributed by atoms with Crippen LogP contribution in [0.5, 0.6) is 5.75 Å². The maximum atomic E-state index is 5.30. The van der Waals surface area contributed by atoms with E-state index in [1.165, 1.54) is 0 Å². The standard InChI is InChI=1S/C15H13N5OS/c1-21-13-7-3-2-5-11(13)10-17-20-14(18-19-15(20)22)12-6-4-8-16-9-12/h2-10H,1H3,(H,19,22)/b17-10-. The summed E-state index contributed by atoms with van der Waals surface area (Å²) in [6.45, 7) is 0. The van der Waals surface area contributed by atoms with Crippen LogP contribution in [0.25, 0.3) is 11.4 Å². The average molecular weight is 311 g/mol. The fourth-order valence-corrected chi connectivity index (χ4v) is 2.15. The van der Waals surface area contributed by atoms with Gasteiger partial charge in [0.15, 0.2) is 5.82 Å². The van der Waals surface area contributed by atoms with Crippen LogP contribution in [0.15, 0.2) is 53.9 Å². The molecule has 110 valence electrons. The Bertz CT molecular complexity index is 854.